The first-order valence-corrected chi connectivity index (χ1v) is 7.04. The molecule has 1 N–H and O–H groups in total. The van der Waals surface area contributed by atoms with Crippen LogP contribution in [-0.4, -0.2) is 12.7 Å². The standard InChI is InChI=1S/C16H9F6NO3/c17-15(18,19)9-4-10(16(20,21)22)6-11(5-9)23-14(24)8-1-2-12-13(3-8)26-7-25-12/h1-6H,7H2,(H,23,24). The molecule has 10 heteroatoms. The zero-order valence-electron chi connectivity index (χ0n) is 12.7. The molecule has 2 aromatic carbocycles. The minimum atomic E-state index is -5.00. The molecule has 2 aromatic rings. The van der Waals surface area contributed by atoms with Crippen molar-refractivity contribution in [2.75, 3.05) is 12.1 Å². The van der Waals surface area contributed by atoms with Crippen LogP contribution < -0.4 is 14.8 Å². The van der Waals surface area contributed by atoms with E-state index in [0.717, 1.165) is 0 Å². The van der Waals surface area contributed by atoms with Gasteiger partial charge in [0.05, 0.1) is 11.1 Å². The quantitative estimate of drug-likeness (QED) is 0.772. The van der Waals surface area contributed by atoms with Crippen molar-refractivity contribution in [3.05, 3.63) is 53.1 Å². The SMILES string of the molecule is O=C(Nc1cc(C(F)(F)F)cc(C(F)(F)F)c1)c1ccc2c(c1)OCO2. The summed E-state index contributed by atoms with van der Waals surface area (Å²) in [6.07, 6.45) is -10.0. The largest absolute Gasteiger partial charge is 0.454 e. The lowest BCUT2D eigenvalue weighted by molar-refractivity contribution is -0.143. The third kappa shape index (κ3) is 3.68. The predicted octanol–water partition coefficient (Wildman–Crippen LogP) is 4.71. The number of halogens is 6. The Labute approximate surface area is 142 Å². The fourth-order valence-electron chi connectivity index (χ4n) is 2.27. The maximum Gasteiger partial charge on any atom is 0.416 e. The molecule has 0 saturated carbocycles. The Morgan fingerprint density at radius 2 is 1.42 bits per heavy atom. The second-order valence-corrected chi connectivity index (χ2v) is 5.32. The van der Waals surface area contributed by atoms with E-state index in [1.165, 1.54) is 18.2 Å². The van der Waals surface area contributed by atoms with Gasteiger partial charge in [0.25, 0.3) is 5.91 Å². The van der Waals surface area contributed by atoms with Crippen LogP contribution in [0.1, 0.15) is 21.5 Å². The molecule has 0 radical (unpaired) electrons. The van der Waals surface area contributed by atoms with Gasteiger partial charge < -0.3 is 14.8 Å². The zero-order valence-corrected chi connectivity index (χ0v) is 12.7. The van der Waals surface area contributed by atoms with E-state index in [4.69, 9.17) is 9.47 Å². The number of anilines is 1. The van der Waals surface area contributed by atoms with Crippen LogP contribution in [0.5, 0.6) is 11.5 Å². The summed E-state index contributed by atoms with van der Waals surface area (Å²) in [4.78, 5) is 12.2. The van der Waals surface area contributed by atoms with Crippen LogP contribution in [0, 0.1) is 0 Å². The molecule has 1 aliphatic heterocycles. The zero-order chi connectivity index (χ0) is 19.1. The van der Waals surface area contributed by atoms with Gasteiger partial charge in [-0.25, -0.2) is 0 Å². The molecule has 1 heterocycles. The molecule has 1 amide bonds. The van der Waals surface area contributed by atoms with Crippen molar-refractivity contribution in [1.29, 1.82) is 0 Å². The number of amides is 1. The van der Waals surface area contributed by atoms with E-state index in [0.29, 0.717) is 17.9 Å². The number of nitrogens with one attached hydrogen (secondary N) is 1. The fraction of sp³-hybridized carbons (Fsp3) is 0.188. The van der Waals surface area contributed by atoms with Gasteiger partial charge in [-0.3, -0.25) is 4.79 Å². The van der Waals surface area contributed by atoms with Crippen LogP contribution in [0.3, 0.4) is 0 Å². The molecule has 0 spiro atoms. The molecule has 0 atom stereocenters. The highest BCUT2D eigenvalue weighted by atomic mass is 19.4. The van der Waals surface area contributed by atoms with Crippen LogP contribution in [-0.2, 0) is 12.4 Å². The summed E-state index contributed by atoms with van der Waals surface area (Å²) < 4.78 is 87.1. The summed E-state index contributed by atoms with van der Waals surface area (Å²) in [5.74, 6) is -0.270. The number of ether oxygens (including phenoxy) is 2. The van der Waals surface area contributed by atoms with Crippen LogP contribution in [0.4, 0.5) is 32.0 Å². The summed E-state index contributed by atoms with van der Waals surface area (Å²) in [6, 6.07) is 4.83. The average molecular weight is 377 g/mol. The highest BCUT2D eigenvalue weighted by molar-refractivity contribution is 6.04. The maximum atomic E-state index is 12.8. The van der Waals surface area contributed by atoms with Gasteiger partial charge in [-0.1, -0.05) is 0 Å². The molecule has 26 heavy (non-hydrogen) atoms. The molecule has 0 aromatic heterocycles. The highest BCUT2D eigenvalue weighted by Gasteiger charge is 2.37. The first kappa shape index (κ1) is 17.9. The summed E-state index contributed by atoms with van der Waals surface area (Å²) >= 11 is 0. The van der Waals surface area contributed by atoms with Crippen molar-refractivity contribution < 1.29 is 40.6 Å². The Morgan fingerprint density at radius 1 is 0.846 bits per heavy atom. The van der Waals surface area contributed by atoms with Gasteiger partial charge in [-0.05, 0) is 36.4 Å². The van der Waals surface area contributed by atoms with Crippen molar-refractivity contribution in [2.45, 2.75) is 12.4 Å². The van der Waals surface area contributed by atoms with Crippen LogP contribution in [0.15, 0.2) is 36.4 Å². The third-order valence-corrected chi connectivity index (χ3v) is 3.48. The summed E-state index contributed by atoms with van der Waals surface area (Å²) in [6.45, 7) is -0.0526. The third-order valence-electron chi connectivity index (χ3n) is 3.48. The van der Waals surface area contributed by atoms with Gasteiger partial charge in [0.15, 0.2) is 11.5 Å². The van der Waals surface area contributed by atoms with E-state index >= 15 is 0 Å². The smallest absolute Gasteiger partial charge is 0.416 e. The number of fused-ring (bicyclic) bond motifs is 1. The Balaban J connectivity index is 1.92. The van der Waals surface area contributed by atoms with Crippen LogP contribution in [0.25, 0.3) is 0 Å². The topological polar surface area (TPSA) is 47.6 Å². The van der Waals surface area contributed by atoms with Crippen molar-refractivity contribution >= 4 is 11.6 Å². The van der Waals surface area contributed by atoms with Gasteiger partial charge in [0.1, 0.15) is 0 Å². The number of carbonyl (C=O) groups is 1. The molecular weight excluding hydrogens is 368 g/mol. The minimum Gasteiger partial charge on any atom is -0.454 e. The van der Waals surface area contributed by atoms with Gasteiger partial charge in [0.2, 0.25) is 6.79 Å². The average Bonchev–Trinajstić information content (AvgIpc) is 3.00. The Kier molecular flexibility index (Phi) is 4.21. The van der Waals surface area contributed by atoms with Crippen LogP contribution in [0.2, 0.25) is 0 Å². The van der Waals surface area contributed by atoms with E-state index in [1.807, 2.05) is 5.32 Å². The molecule has 0 bridgehead atoms. The first-order valence-electron chi connectivity index (χ1n) is 7.04. The summed E-state index contributed by atoms with van der Waals surface area (Å²) in [5, 5.41) is 2.04. The van der Waals surface area contributed by atoms with Crippen molar-refractivity contribution in [1.82, 2.24) is 0 Å². The second kappa shape index (κ2) is 6.11. The molecule has 0 unspecified atom stereocenters. The van der Waals surface area contributed by atoms with Crippen LogP contribution >= 0.6 is 0 Å². The fourth-order valence-corrected chi connectivity index (χ4v) is 2.27. The lowest BCUT2D eigenvalue weighted by atomic mass is 10.1. The molecular formula is C16H9F6NO3. The van der Waals surface area contributed by atoms with Gasteiger partial charge in [-0.2, -0.15) is 26.3 Å². The van der Waals surface area contributed by atoms with Gasteiger partial charge in [-0.15, -0.1) is 0 Å². The van der Waals surface area contributed by atoms with Gasteiger partial charge in [0, 0.05) is 11.3 Å². The Bertz CT molecular complexity index is 828. The molecule has 0 saturated heterocycles. The number of benzene rings is 2. The van der Waals surface area contributed by atoms with Crippen molar-refractivity contribution in [3.63, 3.8) is 0 Å². The number of rotatable bonds is 2. The van der Waals surface area contributed by atoms with E-state index < -0.39 is 35.1 Å². The lowest BCUT2D eigenvalue weighted by Gasteiger charge is -2.15. The second-order valence-electron chi connectivity index (χ2n) is 5.32. The number of hydrogen-bond donors (Lipinski definition) is 1. The van der Waals surface area contributed by atoms with Gasteiger partial charge >= 0.3 is 12.4 Å². The number of carbonyl (C=O) groups excluding carboxylic acids is 1. The number of alkyl halides is 6. The first-order chi connectivity index (χ1) is 12.0. The maximum absolute atomic E-state index is 12.8. The predicted molar refractivity (Wildman–Crippen MR) is 77.0 cm³/mol. The Hall–Kier alpha value is -2.91. The van der Waals surface area contributed by atoms with E-state index in [-0.39, 0.29) is 24.2 Å². The highest BCUT2D eigenvalue weighted by Crippen LogP contribution is 2.38. The molecule has 4 nitrogen and oxygen atoms in total. The molecule has 138 valence electrons. The minimum absolute atomic E-state index is 0.0137. The summed E-state index contributed by atoms with van der Waals surface area (Å²) in [7, 11) is 0. The van der Waals surface area contributed by atoms with E-state index in [2.05, 4.69) is 0 Å². The monoisotopic (exact) mass is 377 g/mol. The molecule has 1 aliphatic rings. The van der Waals surface area contributed by atoms with Crippen molar-refractivity contribution in [2.24, 2.45) is 0 Å². The number of hydrogen-bond acceptors (Lipinski definition) is 3. The van der Waals surface area contributed by atoms with E-state index in [9.17, 15) is 31.1 Å². The van der Waals surface area contributed by atoms with E-state index in [1.54, 1.807) is 0 Å². The van der Waals surface area contributed by atoms with Crippen molar-refractivity contribution in [3.8, 4) is 11.5 Å². The summed E-state index contributed by atoms with van der Waals surface area (Å²) in [5.41, 5.74) is -3.68. The Morgan fingerprint density at radius 3 is 2.00 bits per heavy atom. The molecule has 0 aliphatic carbocycles. The molecule has 3 rings (SSSR count). The molecule has 0 fully saturated rings. The lowest BCUT2D eigenvalue weighted by Crippen LogP contribution is -2.15. The normalized spacial score (nSPS) is 13.6.